The predicted octanol–water partition coefficient (Wildman–Crippen LogP) is 4.70. The van der Waals surface area contributed by atoms with Crippen LogP contribution < -0.4 is 5.32 Å². The van der Waals surface area contributed by atoms with Crippen LogP contribution >= 0.6 is 15.9 Å². The Morgan fingerprint density at radius 2 is 1.86 bits per heavy atom. The van der Waals surface area contributed by atoms with Crippen molar-refractivity contribution in [3.8, 4) is 0 Å². The fourth-order valence-electron chi connectivity index (χ4n) is 2.95. The van der Waals surface area contributed by atoms with Gasteiger partial charge in [0.2, 0.25) is 0 Å². The first-order valence-electron chi connectivity index (χ1n) is 7.25. The van der Waals surface area contributed by atoms with Crippen molar-refractivity contribution >= 4 is 15.9 Å². The van der Waals surface area contributed by atoms with Crippen molar-refractivity contribution in [3.63, 3.8) is 0 Å². The maximum absolute atomic E-state index is 13.6. The van der Waals surface area contributed by atoms with Crippen LogP contribution in [0.3, 0.4) is 0 Å². The molecule has 0 fully saturated rings. The first-order chi connectivity index (χ1) is 10.1. The third-order valence-electron chi connectivity index (χ3n) is 4.04. The summed E-state index contributed by atoms with van der Waals surface area (Å²) in [7, 11) is 1.97. The molecule has 0 saturated heterocycles. The molecule has 1 atom stereocenters. The summed E-state index contributed by atoms with van der Waals surface area (Å²) in [5.41, 5.74) is 2.29. The monoisotopic (exact) mass is 349 g/mol. The number of nitrogens with one attached hydrogen (secondary N) is 1. The molecule has 2 rings (SSSR count). The highest BCUT2D eigenvalue weighted by atomic mass is 79.9. The van der Waals surface area contributed by atoms with Gasteiger partial charge in [0.15, 0.2) is 0 Å². The van der Waals surface area contributed by atoms with Crippen molar-refractivity contribution in [2.45, 2.75) is 25.2 Å². The van der Waals surface area contributed by atoms with Gasteiger partial charge in [0.1, 0.15) is 5.82 Å². The summed E-state index contributed by atoms with van der Waals surface area (Å²) in [6.07, 6.45) is 1.80. The van der Waals surface area contributed by atoms with Crippen molar-refractivity contribution in [3.05, 3.63) is 69.9 Å². The second kappa shape index (κ2) is 7.19. The fraction of sp³-hybridized carbons (Fsp3) is 0.333. The average Bonchev–Trinajstić information content (AvgIpc) is 2.46. The van der Waals surface area contributed by atoms with Gasteiger partial charge in [-0.25, -0.2) is 4.39 Å². The van der Waals surface area contributed by atoms with E-state index in [1.165, 1.54) is 11.6 Å². The van der Waals surface area contributed by atoms with Gasteiger partial charge in [0, 0.05) is 16.4 Å². The highest BCUT2D eigenvalue weighted by Gasteiger charge is 2.30. The molecule has 1 nitrogen and oxygen atoms in total. The maximum Gasteiger partial charge on any atom is 0.124 e. The molecule has 0 aliphatic rings. The van der Waals surface area contributed by atoms with Crippen LogP contribution in [0.1, 0.15) is 24.5 Å². The van der Waals surface area contributed by atoms with Crippen LogP contribution in [0.15, 0.2) is 53.0 Å². The van der Waals surface area contributed by atoms with Gasteiger partial charge in [-0.15, -0.1) is 0 Å². The van der Waals surface area contributed by atoms with E-state index in [9.17, 15) is 4.39 Å². The lowest BCUT2D eigenvalue weighted by Gasteiger charge is -2.34. The number of likely N-dealkylation sites (N-methyl/N-ethyl adjacent to an activating group) is 1. The number of halogens is 2. The van der Waals surface area contributed by atoms with E-state index in [-0.39, 0.29) is 11.2 Å². The van der Waals surface area contributed by atoms with Gasteiger partial charge >= 0.3 is 0 Å². The number of benzene rings is 2. The Kier molecular flexibility index (Phi) is 5.54. The minimum atomic E-state index is -0.193. The molecule has 2 aromatic carbocycles. The summed E-state index contributed by atoms with van der Waals surface area (Å²) in [5.74, 6) is -0.193. The lowest BCUT2D eigenvalue weighted by Crippen LogP contribution is -2.38. The van der Waals surface area contributed by atoms with Gasteiger partial charge in [-0.3, -0.25) is 0 Å². The van der Waals surface area contributed by atoms with Crippen LogP contribution in [0.25, 0.3) is 0 Å². The topological polar surface area (TPSA) is 12.0 Å². The SMILES string of the molecule is CCC(CNC)(Cc1cc(F)cc(Br)c1)c1ccccc1. The van der Waals surface area contributed by atoms with Crippen molar-refractivity contribution in [1.29, 1.82) is 0 Å². The molecule has 1 unspecified atom stereocenters. The van der Waals surface area contributed by atoms with Gasteiger partial charge in [-0.1, -0.05) is 53.2 Å². The zero-order chi connectivity index (χ0) is 15.3. The first kappa shape index (κ1) is 16.2. The van der Waals surface area contributed by atoms with Crippen molar-refractivity contribution in [1.82, 2.24) is 5.32 Å². The van der Waals surface area contributed by atoms with E-state index >= 15 is 0 Å². The van der Waals surface area contributed by atoms with Crippen LogP contribution in [0, 0.1) is 5.82 Å². The molecule has 21 heavy (non-hydrogen) atoms. The molecule has 0 aromatic heterocycles. The molecule has 0 radical (unpaired) electrons. The van der Waals surface area contributed by atoms with E-state index in [0.29, 0.717) is 0 Å². The minimum Gasteiger partial charge on any atom is -0.319 e. The molecule has 0 amide bonds. The van der Waals surface area contributed by atoms with Gasteiger partial charge < -0.3 is 5.32 Å². The average molecular weight is 350 g/mol. The van der Waals surface area contributed by atoms with Crippen LogP contribution in [0.5, 0.6) is 0 Å². The Hall–Kier alpha value is -1.19. The molecule has 2 aromatic rings. The Balaban J connectivity index is 2.40. The van der Waals surface area contributed by atoms with Gasteiger partial charge in [0.05, 0.1) is 0 Å². The highest BCUT2D eigenvalue weighted by molar-refractivity contribution is 9.10. The smallest absolute Gasteiger partial charge is 0.124 e. The summed E-state index contributed by atoms with van der Waals surface area (Å²) < 4.78 is 14.4. The highest BCUT2D eigenvalue weighted by Crippen LogP contribution is 2.32. The summed E-state index contributed by atoms with van der Waals surface area (Å²) >= 11 is 3.38. The van der Waals surface area contributed by atoms with E-state index in [4.69, 9.17) is 0 Å². The van der Waals surface area contributed by atoms with E-state index in [2.05, 4.69) is 52.4 Å². The van der Waals surface area contributed by atoms with Crippen LogP contribution in [-0.2, 0) is 11.8 Å². The zero-order valence-corrected chi connectivity index (χ0v) is 14.1. The molecule has 0 spiro atoms. The second-order valence-electron chi connectivity index (χ2n) is 5.48. The van der Waals surface area contributed by atoms with Crippen LogP contribution in [0.4, 0.5) is 4.39 Å². The lowest BCUT2D eigenvalue weighted by molar-refractivity contribution is 0.390. The molecular weight excluding hydrogens is 329 g/mol. The van der Waals surface area contributed by atoms with Crippen molar-refractivity contribution < 1.29 is 4.39 Å². The van der Waals surface area contributed by atoms with Gasteiger partial charge in [-0.2, -0.15) is 0 Å². The Labute approximate surface area is 134 Å². The van der Waals surface area contributed by atoms with Crippen LogP contribution in [-0.4, -0.2) is 13.6 Å². The quantitative estimate of drug-likeness (QED) is 0.796. The van der Waals surface area contributed by atoms with Gasteiger partial charge in [0.25, 0.3) is 0 Å². The number of hydrogen-bond donors (Lipinski definition) is 1. The second-order valence-corrected chi connectivity index (χ2v) is 6.40. The normalized spacial score (nSPS) is 13.9. The molecule has 112 valence electrons. The number of rotatable bonds is 6. The molecule has 0 saturated carbocycles. The molecule has 1 N–H and O–H groups in total. The molecule has 3 heteroatoms. The predicted molar refractivity (Wildman–Crippen MR) is 90.1 cm³/mol. The standard InChI is InChI=1S/C18H21BrFN/c1-3-18(13-21-2,15-7-5-4-6-8-15)12-14-9-16(19)11-17(20)10-14/h4-11,21H,3,12-13H2,1-2H3. The number of hydrogen-bond acceptors (Lipinski definition) is 1. The Morgan fingerprint density at radius 1 is 1.14 bits per heavy atom. The van der Waals surface area contributed by atoms with E-state index < -0.39 is 0 Å². The third-order valence-corrected chi connectivity index (χ3v) is 4.50. The summed E-state index contributed by atoms with van der Waals surface area (Å²) in [6, 6.07) is 15.6. The van der Waals surface area contributed by atoms with Crippen molar-refractivity contribution in [2.75, 3.05) is 13.6 Å². The summed E-state index contributed by atoms with van der Waals surface area (Å²) in [5, 5.41) is 3.30. The lowest BCUT2D eigenvalue weighted by atomic mass is 9.73. The molecule has 0 bridgehead atoms. The summed E-state index contributed by atoms with van der Waals surface area (Å²) in [4.78, 5) is 0. The largest absolute Gasteiger partial charge is 0.319 e. The van der Waals surface area contributed by atoms with Crippen LogP contribution in [0.2, 0.25) is 0 Å². The van der Waals surface area contributed by atoms with E-state index in [0.717, 1.165) is 29.4 Å². The van der Waals surface area contributed by atoms with Crippen molar-refractivity contribution in [2.24, 2.45) is 0 Å². The molecular formula is C18H21BrFN. The molecule has 0 aliphatic heterocycles. The van der Waals surface area contributed by atoms with E-state index in [1.807, 2.05) is 19.2 Å². The first-order valence-corrected chi connectivity index (χ1v) is 8.04. The zero-order valence-electron chi connectivity index (χ0n) is 12.5. The minimum absolute atomic E-state index is 0.0246. The van der Waals surface area contributed by atoms with Gasteiger partial charge in [-0.05, 0) is 49.2 Å². The third kappa shape index (κ3) is 3.92. The fourth-order valence-corrected chi connectivity index (χ4v) is 3.47. The molecule has 0 aliphatic carbocycles. The van der Waals surface area contributed by atoms with E-state index in [1.54, 1.807) is 6.07 Å². The summed E-state index contributed by atoms with van der Waals surface area (Å²) in [6.45, 7) is 3.06. The maximum atomic E-state index is 13.6. The Morgan fingerprint density at radius 3 is 2.43 bits per heavy atom. The Bertz CT molecular complexity index is 565. The molecule has 0 heterocycles.